The zero-order valence-electron chi connectivity index (χ0n) is 13.1. The van der Waals surface area contributed by atoms with E-state index in [9.17, 15) is 0 Å². The van der Waals surface area contributed by atoms with Gasteiger partial charge in [-0.25, -0.2) is 0 Å². The maximum absolute atomic E-state index is 4.95. The first-order valence-corrected chi connectivity index (χ1v) is 8.30. The smallest absolute Gasteiger partial charge is 0.0129 e. The van der Waals surface area contributed by atoms with Crippen molar-refractivity contribution in [1.29, 1.82) is 0 Å². The van der Waals surface area contributed by atoms with Crippen LogP contribution < -0.4 is 0 Å². The van der Waals surface area contributed by atoms with Gasteiger partial charge >= 0.3 is 0 Å². The van der Waals surface area contributed by atoms with Crippen molar-refractivity contribution in [2.24, 2.45) is 17.8 Å². The quantitative estimate of drug-likeness (QED) is 0.697. The summed E-state index contributed by atoms with van der Waals surface area (Å²) < 4.78 is 0.204. The zero-order chi connectivity index (χ0) is 13.8. The highest BCUT2D eigenvalue weighted by Crippen LogP contribution is 2.38. The summed E-state index contributed by atoms with van der Waals surface area (Å²) in [5.74, 6) is 2.45. The maximum Gasteiger partial charge on any atom is 0.0129 e. The molecule has 0 aromatic carbocycles. The Morgan fingerprint density at radius 3 is 2.22 bits per heavy atom. The van der Waals surface area contributed by atoms with Gasteiger partial charge in [0.15, 0.2) is 0 Å². The van der Waals surface area contributed by atoms with Gasteiger partial charge in [-0.2, -0.15) is 12.6 Å². The number of hydrogen-bond donors (Lipinski definition) is 1. The Bertz CT molecular complexity index is 231. The van der Waals surface area contributed by atoms with Crippen molar-refractivity contribution in [3.63, 3.8) is 0 Å². The van der Waals surface area contributed by atoms with Crippen LogP contribution in [-0.4, -0.2) is 29.3 Å². The fourth-order valence-corrected chi connectivity index (χ4v) is 3.77. The van der Waals surface area contributed by atoms with Crippen molar-refractivity contribution >= 4 is 12.6 Å². The highest BCUT2D eigenvalue weighted by Gasteiger charge is 2.31. The third-order valence-corrected chi connectivity index (χ3v) is 5.92. The van der Waals surface area contributed by atoms with Crippen molar-refractivity contribution in [3.8, 4) is 0 Å². The lowest BCUT2D eigenvalue weighted by Gasteiger charge is -2.39. The second kappa shape index (κ2) is 7.19. The van der Waals surface area contributed by atoms with Gasteiger partial charge in [-0.15, -0.1) is 0 Å². The summed E-state index contributed by atoms with van der Waals surface area (Å²) in [5.41, 5.74) is 0. The molecule has 0 aromatic rings. The Kier molecular flexibility index (Phi) is 6.54. The minimum Gasteiger partial charge on any atom is -0.304 e. The third-order valence-electron chi connectivity index (χ3n) is 5.29. The highest BCUT2D eigenvalue weighted by molar-refractivity contribution is 7.81. The molecule has 0 bridgehead atoms. The van der Waals surface area contributed by atoms with Crippen LogP contribution in [-0.2, 0) is 0 Å². The molecule has 1 heterocycles. The van der Waals surface area contributed by atoms with Gasteiger partial charge in [0.25, 0.3) is 0 Å². The Morgan fingerprint density at radius 2 is 1.78 bits per heavy atom. The van der Waals surface area contributed by atoms with Gasteiger partial charge in [0.2, 0.25) is 0 Å². The molecule has 3 atom stereocenters. The number of likely N-dealkylation sites (tertiary alicyclic amines) is 1. The Hall–Kier alpha value is 0.310. The zero-order valence-corrected chi connectivity index (χ0v) is 14.0. The van der Waals surface area contributed by atoms with E-state index in [-0.39, 0.29) is 4.75 Å². The summed E-state index contributed by atoms with van der Waals surface area (Å²) >= 11 is 4.95. The molecule has 0 amide bonds. The van der Waals surface area contributed by atoms with E-state index in [1.165, 1.54) is 45.3 Å². The second-order valence-corrected chi connectivity index (χ2v) is 7.64. The molecule has 1 rings (SSSR count). The molecule has 0 saturated carbocycles. The van der Waals surface area contributed by atoms with Crippen molar-refractivity contribution in [2.75, 3.05) is 19.6 Å². The van der Waals surface area contributed by atoms with E-state index >= 15 is 0 Å². The van der Waals surface area contributed by atoms with E-state index in [1.54, 1.807) is 0 Å². The molecular weight excluding hydrogens is 238 g/mol. The average Bonchev–Trinajstić information content (AvgIpc) is 2.37. The molecule has 0 aromatic heterocycles. The number of piperidine rings is 1. The number of hydrogen-bond acceptors (Lipinski definition) is 2. The monoisotopic (exact) mass is 271 g/mol. The molecule has 108 valence electrons. The Morgan fingerprint density at radius 1 is 1.22 bits per heavy atom. The predicted molar refractivity (Wildman–Crippen MR) is 85.5 cm³/mol. The Balaban J connectivity index is 2.43. The van der Waals surface area contributed by atoms with Gasteiger partial charge in [0, 0.05) is 4.75 Å². The van der Waals surface area contributed by atoms with Gasteiger partial charge in [0.1, 0.15) is 0 Å². The molecule has 0 aliphatic carbocycles. The highest BCUT2D eigenvalue weighted by atomic mass is 32.1. The lowest BCUT2D eigenvalue weighted by atomic mass is 9.77. The van der Waals surface area contributed by atoms with Gasteiger partial charge in [-0.1, -0.05) is 41.0 Å². The summed E-state index contributed by atoms with van der Waals surface area (Å²) in [6.07, 6.45) is 5.28. The molecular formula is C16H33NS. The van der Waals surface area contributed by atoms with Gasteiger partial charge in [-0.3, -0.25) is 0 Å². The summed E-state index contributed by atoms with van der Waals surface area (Å²) in [5, 5.41) is 0. The van der Waals surface area contributed by atoms with Crippen LogP contribution in [0.3, 0.4) is 0 Å². The lowest BCUT2D eigenvalue weighted by Crippen LogP contribution is -2.37. The maximum atomic E-state index is 4.95. The van der Waals surface area contributed by atoms with E-state index in [4.69, 9.17) is 12.6 Å². The van der Waals surface area contributed by atoms with Crippen LogP contribution in [0.1, 0.15) is 60.3 Å². The second-order valence-electron chi connectivity index (χ2n) is 6.62. The fourth-order valence-electron chi connectivity index (χ4n) is 3.30. The first-order chi connectivity index (χ1) is 8.40. The SMILES string of the molecule is CCC(C)C(C)(S)CC(C)C1CCN(CC)CC1. The minimum atomic E-state index is 0.204. The van der Waals surface area contributed by atoms with Gasteiger partial charge in [-0.05, 0) is 56.7 Å². The average molecular weight is 272 g/mol. The fraction of sp³-hybridized carbons (Fsp3) is 1.00. The molecule has 1 saturated heterocycles. The Labute approximate surface area is 120 Å². The largest absolute Gasteiger partial charge is 0.304 e. The van der Waals surface area contributed by atoms with E-state index in [2.05, 4.69) is 39.5 Å². The van der Waals surface area contributed by atoms with Crippen LogP contribution in [0.15, 0.2) is 0 Å². The molecule has 1 nitrogen and oxygen atoms in total. The van der Waals surface area contributed by atoms with Crippen LogP contribution in [0.5, 0.6) is 0 Å². The minimum absolute atomic E-state index is 0.204. The summed E-state index contributed by atoms with van der Waals surface area (Å²) in [7, 11) is 0. The molecule has 0 spiro atoms. The van der Waals surface area contributed by atoms with Crippen molar-refractivity contribution in [1.82, 2.24) is 4.90 Å². The molecule has 1 aliphatic rings. The molecule has 2 heteroatoms. The molecule has 0 radical (unpaired) electrons. The first-order valence-electron chi connectivity index (χ1n) is 7.85. The van der Waals surface area contributed by atoms with Crippen molar-refractivity contribution < 1.29 is 0 Å². The predicted octanol–water partition coefficient (Wildman–Crippen LogP) is 4.48. The number of rotatable bonds is 6. The van der Waals surface area contributed by atoms with Crippen LogP contribution in [0.25, 0.3) is 0 Å². The topological polar surface area (TPSA) is 3.24 Å². The van der Waals surface area contributed by atoms with Gasteiger partial charge < -0.3 is 4.90 Å². The summed E-state index contributed by atoms with van der Waals surface area (Å²) in [6, 6.07) is 0. The van der Waals surface area contributed by atoms with E-state index < -0.39 is 0 Å². The van der Waals surface area contributed by atoms with Gasteiger partial charge in [0.05, 0.1) is 0 Å². The number of nitrogens with zero attached hydrogens (tertiary/aromatic N) is 1. The molecule has 18 heavy (non-hydrogen) atoms. The third kappa shape index (κ3) is 4.45. The van der Waals surface area contributed by atoms with Crippen LogP contribution in [0.4, 0.5) is 0 Å². The standard InChI is InChI=1S/C16H33NS/c1-6-14(4)16(5,18)12-13(3)15-8-10-17(7-2)11-9-15/h13-15,18H,6-12H2,1-5H3. The molecule has 0 N–H and O–H groups in total. The van der Waals surface area contributed by atoms with Crippen LogP contribution >= 0.6 is 12.6 Å². The summed E-state index contributed by atoms with van der Waals surface area (Å²) in [6.45, 7) is 15.5. The normalized spacial score (nSPS) is 25.7. The van der Waals surface area contributed by atoms with E-state index in [0.29, 0.717) is 5.92 Å². The van der Waals surface area contributed by atoms with E-state index in [1.807, 2.05) is 0 Å². The molecule has 1 fully saturated rings. The molecule has 1 aliphatic heterocycles. The molecule has 3 unspecified atom stereocenters. The van der Waals surface area contributed by atoms with Crippen LogP contribution in [0.2, 0.25) is 0 Å². The van der Waals surface area contributed by atoms with Crippen molar-refractivity contribution in [2.45, 2.75) is 65.0 Å². The number of thiol groups is 1. The lowest BCUT2D eigenvalue weighted by molar-refractivity contribution is 0.145. The van der Waals surface area contributed by atoms with E-state index in [0.717, 1.165) is 11.8 Å². The first kappa shape index (κ1) is 16.4. The van der Waals surface area contributed by atoms with Crippen molar-refractivity contribution in [3.05, 3.63) is 0 Å². The summed E-state index contributed by atoms with van der Waals surface area (Å²) in [4.78, 5) is 2.58. The van der Waals surface area contributed by atoms with Crippen LogP contribution in [0, 0.1) is 17.8 Å².